The van der Waals surface area contributed by atoms with Gasteiger partial charge in [0.1, 0.15) is 11.6 Å². The maximum Gasteiger partial charge on any atom is 0.419 e. The molecule has 6 heteroatoms. The average Bonchev–Trinajstić information content (AvgIpc) is 2.27. The van der Waals surface area contributed by atoms with Gasteiger partial charge in [0.15, 0.2) is 0 Å². The predicted molar refractivity (Wildman–Crippen MR) is 69.3 cm³/mol. The molecule has 2 nitrogen and oxygen atoms in total. The van der Waals surface area contributed by atoms with Crippen molar-refractivity contribution in [3.63, 3.8) is 0 Å². The van der Waals surface area contributed by atoms with Crippen LogP contribution in [0.2, 0.25) is 0 Å². The van der Waals surface area contributed by atoms with Gasteiger partial charge in [-0.25, -0.2) is 4.39 Å². The molecule has 1 aromatic rings. The minimum Gasteiger partial charge on any atom is -0.494 e. The Bertz CT molecular complexity index is 438. The zero-order valence-electron chi connectivity index (χ0n) is 11.8. The van der Waals surface area contributed by atoms with Crippen LogP contribution < -0.4 is 10.1 Å². The summed E-state index contributed by atoms with van der Waals surface area (Å²) in [7, 11) is 0. The minimum absolute atomic E-state index is 0.0146. The van der Waals surface area contributed by atoms with Gasteiger partial charge in [-0.2, -0.15) is 13.2 Å². The molecular formula is C14H19F4NO. The first kappa shape index (κ1) is 16.8. The van der Waals surface area contributed by atoms with Crippen molar-refractivity contribution in [2.45, 2.75) is 38.9 Å². The van der Waals surface area contributed by atoms with E-state index in [2.05, 4.69) is 5.32 Å². The van der Waals surface area contributed by atoms with Gasteiger partial charge in [-0.3, -0.25) is 0 Å². The smallest absolute Gasteiger partial charge is 0.419 e. The maximum absolute atomic E-state index is 13.1. The fraction of sp³-hybridized carbons (Fsp3) is 0.571. The fourth-order valence-electron chi connectivity index (χ4n) is 1.54. The highest BCUT2D eigenvalue weighted by atomic mass is 19.4. The van der Waals surface area contributed by atoms with E-state index >= 15 is 0 Å². The third kappa shape index (κ3) is 5.77. The Morgan fingerprint density at radius 1 is 1.15 bits per heavy atom. The van der Waals surface area contributed by atoms with E-state index in [9.17, 15) is 17.6 Å². The van der Waals surface area contributed by atoms with E-state index in [1.807, 2.05) is 20.8 Å². The molecule has 1 aromatic carbocycles. The number of hydrogen-bond acceptors (Lipinski definition) is 2. The molecule has 0 atom stereocenters. The second-order valence-electron chi connectivity index (χ2n) is 5.52. The van der Waals surface area contributed by atoms with Gasteiger partial charge in [-0.15, -0.1) is 0 Å². The molecule has 0 aliphatic carbocycles. The van der Waals surface area contributed by atoms with E-state index in [-0.39, 0.29) is 17.9 Å². The lowest BCUT2D eigenvalue weighted by Gasteiger charge is -2.20. The number of rotatable bonds is 5. The molecular weight excluding hydrogens is 274 g/mol. The molecule has 0 aliphatic heterocycles. The molecule has 0 saturated carbocycles. The van der Waals surface area contributed by atoms with Gasteiger partial charge in [-0.05, 0) is 51.9 Å². The van der Waals surface area contributed by atoms with Gasteiger partial charge < -0.3 is 10.1 Å². The lowest BCUT2D eigenvalue weighted by Crippen LogP contribution is -2.36. The Hall–Kier alpha value is -1.30. The molecule has 0 radical (unpaired) electrons. The molecule has 0 saturated heterocycles. The quantitative estimate of drug-likeness (QED) is 0.654. The van der Waals surface area contributed by atoms with Crippen LogP contribution >= 0.6 is 0 Å². The van der Waals surface area contributed by atoms with Crippen molar-refractivity contribution in [2.75, 3.05) is 13.2 Å². The molecule has 0 bridgehead atoms. The molecule has 1 rings (SSSR count). The SMILES string of the molecule is CC(C)(C)NCCCOc1ccc(F)c(C(F)(F)F)c1. The molecule has 0 spiro atoms. The van der Waals surface area contributed by atoms with Crippen LogP contribution in [0.3, 0.4) is 0 Å². The summed E-state index contributed by atoms with van der Waals surface area (Å²) >= 11 is 0. The van der Waals surface area contributed by atoms with Crippen LogP contribution in [0, 0.1) is 5.82 Å². The number of ether oxygens (including phenoxy) is 1. The van der Waals surface area contributed by atoms with Crippen molar-refractivity contribution in [1.29, 1.82) is 0 Å². The Labute approximate surface area is 116 Å². The Morgan fingerprint density at radius 2 is 1.80 bits per heavy atom. The predicted octanol–water partition coefficient (Wildman–Crippen LogP) is 4.00. The van der Waals surface area contributed by atoms with E-state index in [4.69, 9.17) is 4.74 Å². The summed E-state index contributed by atoms with van der Waals surface area (Å²) in [6, 6.07) is 2.65. The summed E-state index contributed by atoms with van der Waals surface area (Å²) in [6.45, 7) is 7.01. The number of nitrogens with one attached hydrogen (secondary N) is 1. The van der Waals surface area contributed by atoms with Crippen molar-refractivity contribution in [3.8, 4) is 5.75 Å². The van der Waals surface area contributed by atoms with Crippen LogP contribution in [0.4, 0.5) is 17.6 Å². The Balaban J connectivity index is 2.49. The maximum atomic E-state index is 13.1. The molecule has 0 heterocycles. The first-order chi connectivity index (χ1) is 9.09. The molecule has 0 unspecified atom stereocenters. The van der Waals surface area contributed by atoms with E-state index in [0.717, 1.165) is 6.07 Å². The van der Waals surface area contributed by atoms with Crippen molar-refractivity contribution in [1.82, 2.24) is 5.32 Å². The van der Waals surface area contributed by atoms with Crippen molar-refractivity contribution < 1.29 is 22.3 Å². The monoisotopic (exact) mass is 293 g/mol. The lowest BCUT2D eigenvalue weighted by atomic mass is 10.1. The summed E-state index contributed by atoms with van der Waals surface area (Å²) in [4.78, 5) is 0. The van der Waals surface area contributed by atoms with Crippen LogP contribution in [-0.4, -0.2) is 18.7 Å². The van der Waals surface area contributed by atoms with Crippen LogP contribution in [-0.2, 0) is 6.18 Å². The van der Waals surface area contributed by atoms with Crippen LogP contribution in [0.5, 0.6) is 5.75 Å². The first-order valence-electron chi connectivity index (χ1n) is 6.34. The van der Waals surface area contributed by atoms with Crippen molar-refractivity contribution in [2.24, 2.45) is 0 Å². The normalized spacial score (nSPS) is 12.6. The molecule has 20 heavy (non-hydrogen) atoms. The average molecular weight is 293 g/mol. The minimum atomic E-state index is -4.71. The van der Waals surface area contributed by atoms with E-state index in [1.54, 1.807) is 0 Å². The van der Waals surface area contributed by atoms with Gasteiger partial charge in [-0.1, -0.05) is 0 Å². The third-order valence-corrected chi connectivity index (χ3v) is 2.49. The molecule has 1 N–H and O–H groups in total. The second kappa shape index (κ2) is 6.43. The molecule has 0 fully saturated rings. The third-order valence-electron chi connectivity index (χ3n) is 2.49. The standard InChI is InChI=1S/C14H19F4NO/c1-13(2,3)19-7-4-8-20-10-5-6-12(15)11(9-10)14(16,17)18/h5-6,9,19H,4,7-8H2,1-3H3. The van der Waals surface area contributed by atoms with Crippen LogP contribution in [0.15, 0.2) is 18.2 Å². The lowest BCUT2D eigenvalue weighted by molar-refractivity contribution is -0.140. The van der Waals surface area contributed by atoms with E-state index < -0.39 is 17.6 Å². The van der Waals surface area contributed by atoms with E-state index in [0.29, 0.717) is 19.0 Å². The summed E-state index contributed by atoms with van der Waals surface area (Å²) in [5, 5.41) is 3.23. The van der Waals surface area contributed by atoms with Crippen LogP contribution in [0.1, 0.15) is 32.8 Å². The van der Waals surface area contributed by atoms with Crippen LogP contribution in [0.25, 0.3) is 0 Å². The highest BCUT2D eigenvalue weighted by Gasteiger charge is 2.34. The van der Waals surface area contributed by atoms with Crippen molar-refractivity contribution in [3.05, 3.63) is 29.6 Å². The largest absolute Gasteiger partial charge is 0.494 e. The van der Waals surface area contributed by atoms with E-state index in [1.165, 1.54) is 6.07 Å². The first-order valence-corrected chi connectivity index (χ1v) is 6.34. The summed E-state index contributed by atoms with van der Waals surface area (Å²) in [6.07, 6.45) is -4.06. The van der Waals surface area contributed by atoms with Gasteiger partial charge in [0.25, 0.3) is 0 Å². The van der Waals surface area contributed by atoms with Gasteiger partial charge in [0.05, 0.1) is 12.2 Å². The number of benzene rings is 1. The molecule has 114 valence electrons. The summed E-state index contributed by atoms with van der Waals surface area (Å²) in [5.74, 6) is -1.27. The van der Waals surface area contributed by atoms with Gasteiger partial charge >= 0.3 is 6.18 Å². The molecule has 0 aliphatic rings. The Morgan fingerprint density at radius 3 is 2.35 bits per heavy atom. The number of halogens is 4. The Kier molecular flexibility index (Phi) is 5.39. The molecule has 0 amide bonds. The highest BCUT2D eigenvalue weighted by Crippen LogP contribution is 2.33. The fourth-order valence-corrected chi connectivity index (χ4v) is 1.54. The van der Waals surface area contributed by atoms with Gasteiger partial charge in [0, 0.05) is 5.54 Å². The number of hydrogen-bond donors (Lipinski definition) is 1. The topological polar surface area (TPSA) is 21.3 Å². The second-order valence-corrected chi connectivity index (χ2v) is 5.52. The van der Waals surface area contributed by atoms with Crippen molar-refractivity contribution >= 4 is 0 Å². The summed E-state index contributed by atoms with van der Waals surface area (Å²) < 4.78 is 55.8. The molecule has 0 aromatic heterocycles. The zero-order chi connectivity index (χ0) is 15.4. The zero-order valence-corrected chi connectivity index (χ0v) is 11.8. The number of alkyl halides is 3. The van der Waals surface area contributed by atoms with Gasteiger partial charge in [0.2, 0.25) is 0 Å². The highest BCUT2D eigenvalue weighted by molar-refractivity contribution is 5.31. The summed E-state index contributed by atoms with van der Waals surface area (Å²) in [5.41, 5.74) is -1.32.